The van der Waals surface area contributed by atoms with Crippen LogP contribution in [0.1, 0.15) is 46.5 Å². The summed E-state index contributed by atoms with van der Waals surface area (Å²) in [6.07, 6.45) is 3.46. The van der Waals surface area contributed by atoms with Crippen molar-refractivity contribution in [3.8, 4) is 0 Å². The number of carbonyl (C=O) groups is 2. The molecule has 116 valence electrons. The van der Waals surface area contributed by atoms with Crippen LogP contribution in [-0.4, -0.2) is 38.1 Å². The molecule has 5 heteroatoms. The Bertz CT molecular complexity index is 338. The molecular weight excluding hydrogens is 256 g/mol. The molecule has 1 rings (SSSR count). The molecule has 2 N–H and O–H groups in total. The molecule has 1 saturated heterocycles. The molecule has 0 aromatic heterocycles. The average molecular weight is 284 g/mol. The number of rotatable bonds is 6. The van der Waals surface area contributed by atoms with Crippen molar-refractivity contribution >= 4 is 11.9 Å². The van der Waals surface area contributed by atoms with Gasteiger partial charge in [-0.1, -0.05) is 27.2 Å². The van der Waals surface area contributed by atoms with Crippen LogP contribution in [0.15, 0.2) is 0 Å². The van der Waals surface area contributed by atoms with Gasteiger partial charge in [0.25, 0.3) is 0 Å². The predicted octanol–water partition coefficient (Wildman–Crippen LogP) is 1.47. The summed E-state index contributed by atoms with van der Waals surface area (Å²) in [5, 5.41) is 6.22. The summed E-state index contributed by atoms with van der Waals surface area (Å²) >= 11 is 0. The zero-order valence-electron chi connectivity index (χ0n) is 13.1. The lowest BCUT2D eigenvalue weighted by Gasteiger charge is -2.37. The van der Waals surface area contributed by atoms with Crippen molar-refractivity contribution in [3.63, 3.8) is 0 Å². The number of carbonyl (C=O) groups excluding carboxylic acids is 2. The smallest absolute Gasteiger partial charge is 0.328 e. The van der Waals surface area contributed by atoms with Crippen molar-refractivity contribution in [2.45, 2.75) is 52.5 Å². The maximum absolute atomic E-state index is 12.6. The Kier molecular flexibility index (Phi) is 6.46. The van der Waals surface area contributed by atoms with Gasteiger partial charge in [-0.3, -0.25) is 4.79 Å². The van der Waals surface area contributed by atoms with Gasteiger partial charge in [0.2, 0.25) is 5.91 Å². The van der Waals surface area contributed by atoms with Gasteiger partial charge < -0.3 is 15.4 Å². The standard InChI is InChI=1S/C15H28N2O3/c1-5-11(3)12(13(18)20-4)17-14(19)15(6-2)8-7-9-16-10-15/h11-12,16H,5-10H2,1-4H3,(H,17,19). The molecular formula is C15H28N2O3. The van der Waals surface area contributed by atoms with E-state index in [1.807, 2.05) is 20.8 Å². The first-order valence-electron chi connectivity index (χ1n) is 7.60. The summed E-state index contributed by atoms with van der Waals surface area (Å²) in [4.78, 5) is 24.5. The second-order valence-electron chi connectivity index (χ2n) is 5.77. The molecule has 1 fully saturated rings. The van der Waals surface area contributed by atoms with Gasteiger partial charge in [0.15, 0.2) is 0 Å². The van der Waals surface area contributed by atoms with Crippen LogP contribution >= 0.6 is 0 Å². The Hall–Kier alpha value is -1.10. The summed E-state index contributed by atoms with van der Waals surface area (Å²) in [6.45, 7) is 7.64. The van der Waals surface area contributed by atoms with E-state index >= 15 is 0 Å². The fourth-order valence-corrected chi connectivity index (χ4v) is 2.71. The lowest BCUT2D eigenvalue weighted by molar-refractivity contribution is -0.148. The van der Waals surface area contributed by atoms with Gasteiger partial charge >= 0.3 is 5.97 Å². The van der Waals surface area contributed by atoms with Gasteiger partial charge in [0, 0.05) is 6.54 Å². The van der Waals surface area contributed by atoms with Gasteiger partial charge in [-0.2, -0.15) is 0 Å². The van der Waals surface area contributed by atoms with E-state index in [1.54, 1.807) is 0 Å². The average Bonchev–Trinajstić information content (AvgIpc) is 2.51. The molecule has 0 radical (unpaired) electrons. The lowest BCUT2D eigenvalue weighted by Crippen LogP contribution is -2.55. The van der Waals surface area contributed by atoms with Crippen LogP contribution in [0.4, 0.5) is 0 Å². The molecule has 1 aliphatic rings. The largest absolute Gasteiger partial charge is 0.467 e. The van der Waals surface area contributed by atoms with Crippen molar-refractivity contribution in [3.05, 3.63) is 0 Å². The molecule has 0 aliphatic carbocycles. The number of amides is 1. The second kappa shape index (κ2) is 7.62. The van der Waals surface area contributed by atoms with Gasteiger partial charge in [-0.25, -0.2) is 4.79 Å². The first kappa shape index (κ1) is 17.0. The topological polar surface area (TPSA) is 67.4 Å². The van der Waals surface area contributed by atoms with E-state index < -0.39 is 11.5 Å². The van der Waals surface area contributed by atoms with E-state index in [9.17, 15) is 9.59 Å². The first-order chi connectivity index (χ1) is 9.50. The number of hydrogen-bond donors (Lipinski definition) is 2. The van der Waals surface area contributed by atoms with Crippen LogP contribution in [-0.2, 0) is 14.3 Å². The van der Waals surface area contributed by atoms with E-state index in [1.165, 1.54) is 7.11 Å². The van der Waals surface area contributed by atoms with E-state index in [0.29, 0.717) is 6.54 Å². The van der Waals surface area contributed by atoms with E-state index in [0.717, 1.165) is 32.2 Å². The number of hydrogen-bond acceptors (Lipinski definition) is 4. The van der Waals surface area contributed by atoms with E-state index in [4.69, 9.17) is 4.74 Å². The van der Waals surface area contributed by atoms with Crippen LogP contribution < -0.4 is 10.6 Å². The second-order valence-corrected chi connectivity index (χ2v) is 5.77. The molecule has 0 saturated carbocycles. The Morgan fingerprint density at radius 3 is 2.55 bits per heavy atom. The molecule has 20 heavy (non-hydrogen) atoms. The molecule has 0 spiro atoms. The fourth-order valence-electron chi connectivity index (χ4n) is 2.71. The summed E-state index contributed by atoms with van der Waals surface area (Å²) in [5.74, 6) is -0.317. The van der Waals surface area contributed by atoms with E-state index in [2.05, 4.69) is 10.6 Å². The monoisotopic (exact) mass is 284 g/mol. The molecule has 1 aliphatic heterocycles. The fraction of sp³-hybridized carbons (Fsp3) is 0.867. The lowest BCUT2D eigenvalue weighted by atomic mass is 9.77. The summed E-state index contributed by atoms with van der Waals surface area (Å²) in [7, 11) is 1.36. The highest BCUT2D eigenvalue weighted by Gasteiger charge is 2.40. The van der Waals surface area contributed by atoms with Crippen molar-refractivity contribution in [2.24, 2.45) is 11.3 Å². The van der Waals surface area contributed by atoms with Crippen LogP contribution in [0.2, 0.25) is 0 Å². The van der Waals surface area contributed by atoms with E-state index in [-0.39, 0.29) is 17.8 Å². The molecule has 3 atom stereocenters. The Morgan fingerprint density at radius 2 is 2.10 bits per heavy atom. The Morgan fingerprint density at radius 1 is 1.40 bits per heavy atom. The molecule has 0 aromatic carbocycles. The Labute approximate surface area is 121 Å². The Balaban J connectivity index is 2.80. The summed E-state index contributed by atoms with van der Waals surface area (Å²) in [5.41, 5.74) is -0.391. The number of nitrogens with one attached hydrogen (secondary N) is 2. The van der Waals surface area contributed by atoms with Gasteiger partial charge in [0.1, 0.15) is 6.04 Å². The van der Waals surface area contributed by atoms with Gasteiger partial charge in [-0.05, 0) is 31.7 Å². The van der Waals surface area contributed by atoms with Crippen LogP contribution in [0.3, 0.4) is 0 Å². The zero-order chi connectivity index (χ0) is 15.2. The third kappa shape index (κ3) is 3.72. The van der Waals surface area contributed by atoms with Crippen molar-refractivity contribution in [1.29, 1.82) is 0 Å². The SMILES string of the molecule is CCC(C)C(NC(=O)C1(CC)CCCNC1)C(=O)OC. The van der Waals surface area contributed by atoms with Crippen LogP contribution in [0, 0.1) is 11.3 Å². The molecule has 1 heterocycles. The highest BCUT2D eigenvalue weighted by atomic mass is 16.5. The molecule has 0 aromatic rings. The first-order valence-corrected chi connectivity index (χ1v) is 7.60. The van der Waals surface area contributed by atoms with Crippen LogP contribution in [0.25, 0.3) is 0 Å². The molecule has 1 amide bonds. The minimum atomic E-state index is -0.553. The molecule has 5 nitrogen and oxygen atoms in total. The number of esters is 1. The predicted molar refractivity (Wildman–Crippen MR) is 78.2 cm³/mol. The highest BCUT2D eigenvalue weighted by molar-refractivity contribution is 5.88. The maximum Gasteiger partial charge on any atom is 0.328 e. The highest BCUT2D eigenvalue weighted by Crippen LogP contribution is 2.30. The quantitative estimate of drug-likeness (QED) is 0.725. The maximum atomic E-state index is 12.6. The van der Waals surface area contributed by atoms with Crippen molar-refractivity contribution in [1.82, 2.24) is 10.6 Å². The van der Waals surface area contributed by atoms with Gasteiger partial charge in [-0.15, -0.1) is 0 Å². The summed E-state index contributed by atoms with van der Waals surface area (Å²) in [6, 6.07) is -0.553. The third-order valence-electron chi connectivity index (χ3n) is 4.59. The number of ether oxygens (including phenoxy) is 1. The van der Waals surface area contributed by atoms with Gasteiger partial charge in [0.05, 0.1) is 12.5 Å². The minimum absolute atomic E-state index is 0.0251. The van der Waals surface area contributed by atoms with Crippen molar-refractivity contribution < 1.29 is 14.3 Å². The molecule has 0 bridgehead atoms. The zero-order valence-corrected chi connectivity index (χ0v) is 13.1. The van der Waals surface area contributed by atoms with Crippen LogP contribution in [0.5, 0.6) is 0 Å². The minimum Gasteiger partial charge on any atom is -0.467 e. The normalized spacial score (nSPS) is 25.6. The van der Waals surface area contributed by atoms with Crippen molar-refractivity contribution in [2.75, 3.05) is 20.2 Å². The number of methoxy groups -OCH3 is 1. The summed E-state index contributed by atoms with van der Waals surface area (Å²) < 4.78 is 4.82. The number of piperidine rings is 1. The third-order valence-corrected chi connectivity index (χ3v) is 4.59. The molecule has 3 unspecified atom stereocenters.